The van der Waals surface area contributed by atoms with Crippen LogP contribution in [0.3, 0.4) is 0 Å². The molecule has 3 nitrogen and oxygen atoms in total. The monoisotopic (exact) mass is 269 g/mol. The fourth-order valence-electron chi connectivity index (χ4n) is 1.24. The maximum absolute atomic E-state index is 5.38. The Hall–Kier alpha value is -0.900. The molecule has 1 unspecified atom stereocenters. The van der Waals surface area contributed by atoms with Crippen molar-refractivity contribution >= 4 is 21.6 Å². The summed E-state index contributed by atoms with van der Waals surface area (Å²) in [6.07, 6.45) is 3.76. The van der Waals surface area contributed by atoms with E-state index in [1.165, 1.54) is 0 Å². The molecule has 1 atom stereocenters. The minimum absolute atomic E-state index is 0.581. The molecule has 0 saturated heterocycles. The maximum Gasteiger partial charge on any atom is 0.0863 e. The summed E-state index contributed by atoms with van der Waals surface area (Å²) in [6, 6.07) is 3.88. The van der Waals surface area contributed by atoms with Crippen molar-refractivity contribution in [3.8, 4) is 0 Å². The predicted octanol–water partition coefficient (Wildman–Crippen LogP) is 2.94. The lowest BCUT2D eigenvalue weighted by molar-refractivity contribution is 0.586. The summed E-state index contributed by atoms with van der Waals surface area (Å²) >= 11 is 3.35. The number of halogens is 1. The fourth-order valence-corrected chi connectivity index (χ4v) is 1.48. The van der Waals surface area contributed by atoms with Crippen LogP contribution in [0.4, 0.5) is 0 Å². The van der Waals surface area contributed by atoms with Gasteiger partial charge in [-0.2, -0.15) is 5.10 Å². The summed E-state index contributed by atoms with van der Waals surface area (Å²) in [7, 11) is 0. The average Bonchev–Trinajstić information content (AvgIpc) is 2.27. The lowest BCUT2D eigenvalue weighted by atomic mass is 10.00. The molecule has 82 valence electrons. The van der Waals surface area contributed by atoms with Gasteiger partial charge in [0.25, 0.3) is 0 Å². The first kappa shape index (κ1) is 12.2. The van der Waals surface area contributed by atoms with E-state index in [1.54, 1.807) is 6.20 Å². The highest BCUT2D eigenvalue weighted by Crippen LogP contribution is 2.13. The summed E-state index contributed by atoms with van der Waals surface area (Å²) in [5, 5.41) is 3.81. The zero-order valence-electron chi connectivity index (χ0n) is 9.07. The number of hydrogen-bond acceptors (Lipinski definition) is 3. The molecule has 0 aliphatic carbocycles. The molecular weight excluding hydrogens is 254 g/mol. The van der Waals surface area contributed by atoms with Gasteiger partial charge in [-0.05, 0) is 40.4 Å². The summed E-state index contributed by atoms with van der Waals surface area (Å²) in [5.74, 6) is 5.96. The molecule has 1 heterocycles. The zero-order valence-corrected chi connectivity index (χ0v) is 10.7. The molecule has 2 N–H and O–H groups in total. The summed E-state index contributed by atoms with van der Waals surface area (Å²) in [5.41, 5.74) is 1.73. The first-order chi connectivity index (χ1) is 7.17. The molecule has 0 aromatic carbocycles. The number of hydrazone groups is 1. The first-order valence-corrected chi connectivity index (χ1v) is 5.85. The van der Waals surface area contributed by atoms with Crippen molar-refractivity contribution in [2.45, 2.75) is 26.7 Å². The second-order valence-electron chi connectivity index (χ2n) is 3.65. The van der Waals surface area contributed by atoms with E-state index in [9.17, 15) is 0 Å². The molecule has 0 spiro atoms. The Bertz CT molecular complexity index is 332. The van der Waals surface area contributed by atoms with Gasteiger partial charge in [-0.15, -0.1) is 0 Å². The number of pyridine rings is 1. The van der Waals surface area contributed by atoms with E-state index in [2.05, 4.69) is 39.9 Å². The Morgan fingerprint density at radius 1 is 1.60 bits per heavy atom. The van der Waals surface area contributed by atoms with Gasteiger partial charge in [0, 0.05) is 10.7 Å². The quantitative estimate of drug-likeness (QED) is 0.519. The number of aromatic nitrogens is 1. The van der Waals surface area contributed by atoms with Crippen LogP contribution in [-0.4, -0.2) is 10.7 Å². The molecule has 1 aromatic heterocycles. The van der Waals surface area contributed by atoms with Crippen molar-refractivity contribution in [3.05, 3.63) is 28.5 Å². The van der Waals surface area contributed by atoms with E-state index < -0.39 is 0 Å². The smallest absolute Gasteiger partial charge is 0.0863 e. The van der Waals surface area contributed by atoms with Crippen LogP contribution < -0.4 is 5.84 Å². The van der Waals surface area contributed by atoms with E-state index in [1.807, 2.05) is 12.1 Å². The number of nitrogens with zero attached hydrogens (tertiary/aromatic N) is 2. The second kappa shape index (κ2) is 5.85. The molecule has 0 fully saturated rings. The summed E-state index contributed by atoms with van der Waals surface area (Å²) in [6.45, 7) is 4.35. The number of nitrogens with two attached hydrogens (primary N) is 1. The molecule has 0 saturated carbocycles. The van der Waals surface area contributed by atoms with E-state index in [-0.39, 0.29) is 0 Å². The summed E-state index contributed by atoms with van der Waals surface area (Å²) in [4.78, 5) is 4.28. The third kappa shape index (κ3) is 3.63. The van der Waals surface area contributed by atoms with E-state index in [4.69, 9.17) is 5.84 Å². The minimum Gasteiger partial charge on any atom is -0.323 e. The lowest BCUT2D eigenvalue weighted by Gasteiger charge is -2.09. The van der Waals surface area contributed by atoms with E-state index in [0.717, 1.165) is 28.7 Å². The SMILES string of the molecule is CCC(C)CC(=NN)c1ccc(Br)cn1. The van der Waals surface area contributed by atoms with Gasteiger partial charge in [0.15, 0.2) is 0 Å². The largest absolute Gasteiger partial charge is 0.323 e. The normalized spacial score (nSPS) is 13.9. The maximum atomic E-state index is 5.38. The highest BCUT2D eigenvalue weighted by Gasteiger charge is 2.09. The molecule has 1 rings (SSSR count). The van der Waals surface area contributed by atoms with Crippen molar-refractivity contribution in [1.82, 2.24) is 4.98 Å². The topological polar surface area (TPSA) is 51.3 Å². The molecular formula is C11H16BrN3. The van der Waals surface area contributed by atoms with Gasteiger partial charge in [0.05, 0.1) is 11.4 Å². The van der Waals surface area contributed by atoms with Gasteiger partial charge in [0.1, 0.15) is 0 Å². The average molecular weight is 270 g/mol. The Labute approximate surface area is 98.9 Å². The van der Waals surface area contributed by atoms with Crippen molar-refractivity contribution in [2.24, 2.45) is 16.9 Å². The van der Waals surface area contributed by atoms with Gasteiger partial charge in [-0.3, -0.25) is 4.98 Å². The van der Waals surface area contributed by atoms with Crippen molar-refractivity contribution < 1.29 is 0 Å². The standard InChI is InChI=1S/C11H16BrN3/c1-3-8(2)6-11(15-13)10-5-4-9(12)7-14-10/h4-5,7-8H,3,6,13H2,1-2H3. The highest BCUT2D eigenvalue weighted by atomic mass is 79.9. The van der Waals surface area contributed by atoms with Crippen molar-refractivity contribution in [3.63, 3.8) is 0 Å². The lowest BCUT2D eigenvalue weighted by Crippen LogP contribution is -2.10. The predicted molar refractivity (Wildman–Crippen MR) is 66.7 cm³/mol. The molecule has 0 amide bonds. The van der Waals surface area contributed by atoms with Crippen LogP contribution in [0.15, 0.2) is 27.9 Å². The van der Waals surface area contributed by atoms with E-state index in [0.29, 0.717) is 5.92 Å². The Balaban J connectivity index is 2.80. The molecule has 0 bridgehead atoms. The third-order valence-corrected chi connectivity index (χ3v) is 2.89. The Kier molecular flexibility index (Phi) is 4.75. The van der Waals surface area contributed by atoms with Gasteiger partial charge in [-0.1, -0.05) is 20.3 Å². The van der Waals surface area contributed by atoms with Gasteiger partial charge in [-0.25, -0.2) is 0 Å². The molecule has 4 heteroatoms. The first-order valence-electron chi connectivity index (χ1n) is 5.06. The molecule has 0 aliphatic heterocycles. The van der Waals surface area contributed by atoms with Crippen LogP contribution in [0.2, 0.25) is 0 Å². The summed E-state index contributed by atoms with van der Waals surface area (Å²) < 4.78 is 0.964. The van der Waals surface area contributed by atoms with Crippen LogP contribution >= 0.6 is 15.9 Å². The Morgan fingerprint density at radius 3 is 2.80 bits per heavy atom. The van der Waals surface area contributed by atoms with Gasteiger partial charge < -0.3 is 5.84 Å². The zero-order chi connectivity index (χ0) is 11.3. The van der Waals surface area contributed by atoms with Gasteiger partial charge in [0.2, 0.25) is 0 Å². The minimum atomic E-state index is 0.581. The number of rotatable bonds is 4. The van der Waals surface area contributed by atoms with Crippen LogP contribution in [0.25, 0.3) is 0 Å². The van der Waals surface area contributed by atoms with Crippen molar-refractivity contribution in [1.29, 1.82) is 0 Å². The van der Waals surface area contributed by atoms with Crippen LogP contribution in [0.5, 0.6) is 0 Å². The fraction of sp³-hybridized carbons (Fsp3) is 0.455. The van der Waals surface area contributed by atoms with Gasteiger partial charge >= 0.3 is 0 Å². The molecule has 1 aromatic rings. The second-order valence-corrected chi connectivity index (χ2v) is 4.57. The van der Waals surface area contributed by atoms with Crippen LogP contribution in [-0.2, 0) is 0 Å². The van der Waals surface area contributed by atoms with Crippen LogP contribution in [0.1, 0.15) is 32.4 Å². The van der Waals surface area contributed by atoms with E-state index >= 15 is 0 Å². The number of hydrogen-bond donors (Lipinski definition) is 1. The van der Waals surface area contributed by atoms with Crippen molar-refractivity contribution in [2.75, 3.05) is 0 Å². The third-order valence-electron chi connectivity index (χ3n) is 2.42. The molecule has 0 aliphatic rings. The Morgan fingerprint density at radius 2 is 2.33 bits per heavy atom. The highest BCUT2D eigenvalue weighted by molar-refractivity contribution is 9.10. The molecule has 15 heavy (non-hydrogen) atoms. The van der Waals surface area contributed by atoms with Crippen LogP contribution in [0, 0.1) is 5.92 Å². The molecule has 0 radical (unpaired) electrons.